The minimum Gasteiger partial charge on any atom is -0.379 e. The van der Waals surface area contributed by atoms with E-state index in [1.54, 1.807) is 0 Å². The number of unbranched alkanes of at least 4 members (excludes halogenated alkanes) is 4. The molecule has 0 aliphatic carbocycles. The number of hydrogen-bond acceptors (Lipinski definition) is 2. The van der Waals surface area contributed by atoms with Gasteiger partial charge in [0.15, 0.2) is 0 Å². The number of hydrogen-bond donors (Lipinski definition) is 1. The second-order valence-electron chi connectivity index (χ2n) is 5.96. The molecule has 0 amide bonds. The van der Waals surface area contributed by atoms with Crippen LogP contribution in [0.25, 0.3) is 0 Å². The average molecular weight is 291 g/mol. The lowest BCUT2D eigenvalue weighted by molar-refractivity contribution is 0.108. The fraction of sp³-hybridized carbons (Fsp3) is 0.684. The molecule has 0 aromatic heterocycles. The molecule has 1 N–H and O–H groups in total. The van der Waals surface area contributed by atoms with E-state index in [0.29, 0.717) is 6.04 Å². The van der Waals surface area contributed by atoms with Crippen molar-refractivity contribution in [2.24, 2.45) is 0 Å². The van der Waals surface area contributed by atoms with Gasteiger partial charge in [-0.05, 0) is 37.9 Å². The van der Waals surface area contributed by atoms with Crippen LogP contribution >= 0.6 is 0 Å². The third-order valence-corrected chi connectivity index (χ3v) is 3.94. The molecule has 2 heteroatoms. The third-order valence-electron chi connectivity index (χ3n) is 3.94. The number of ether oxygens (including phenoxy) is 1. The third kappa shape index (κ3) is 7.10. The molecule has 0 aliphatic rings. The van der Waals surface area contributed by atoms with E-state index in [1.807, 2.05) is 0 Å². The van der Waals surface area contributed by atoms with E-state index < -0.39 is 0 Å². The van der Waals surface area contributed by atoms with Crippen molar-refractivity contribution in [1.29, 1.82) is 0 Å². The van der Waals surface area contributed by atoms with E-state index in [0.717, 1.165) is 19.8 Å². The van der Waals surface area contributed by atoms with Gasteiger partial charge in [0.2, 0.25) is 0 Å². The molecular formula is C19H33NO. The van der Waals surface area contributed by atoms with Crippen molar-refractivity contribution in [2.45, 2.75) is 65.8 Å². The number of rotatable bonds is 11. The standard InChI is InChI=1S/C19H33NO/c1-5-7-8-9-10-13-21-15-19(20-6-2)18-14-16(3)11-12-17(18)4/h11-12,14,19-20H,5-10,13,15H2,1-4H3. The molecule has 1 aromatic carbocycles. The molecule has 0 fully saturated rings. The molecule has 21 heavy (non-hydrogen) atoms. The monoisotopic (exact) mass is 291 g/mol. The van der Waals surface area contributed by atoms with Crippen LogP contribution in [-0.2, 0) is 4.74 Å². The predicted octanol–water partition coefficient (Wildman–Crippen LogP) is 4.94. The van der Waals surface area contributed by atoms with Crippen molar-refractivity contribution in [3.63, 3.8) is 0 Å². The van der Waals surface area contributed by atoms with Gasteiger partial charge in [-0.2, -0.15) is 0 Å². The Morgan fingerprint density at radius 1 is 1.05 bits per heavy atom. The fourth-order valence-corrected chi connectivity index (χ4v) is 2.65. The van der Waals surface area contributed by atoms with Crippen LogP contribution < -0.4 is 5.32 Å². The van der Waals surface area contributed by atoms with Crippen molar-refractivity contribution in [1.82, 2.24) is 5.32 Å². The lowest BCUT2D eigenvalue weighted by Gasteiger charge is -2.21. The van der Waals surface area contributed by atoms with E-state index in [9.17, 15) is 0 Å². The van der Waals surface area contributed by atoms with Gasteiger partial charge in [0.1, 0.15) is 0 Å². The Hall–Kier alpha value is -0.860. The molecule has 0 spiro atoms. The Bertz CT molecular complexity index is 389. The van der Waals surface area contributed by atoms with Crippen LogP contribution in [0, 0.1) is 13.8 Å². The predicted molar refractivity (Wildman–Crippen MR) is 91.9 cm³/mol. The van der Waals surface area contributed by atoms with E-state index in [2.05, 4.69) is 51.2 Å². The van der Waals surface area contributed by atoms with Gasteiger partial charge in [-0.15, -0.1) is 0 Å². The molecule has 0 aliphatic heterocycles. The quantitative estimate of drug-likeness (QED) is 0.583. The van der Waals surface area contributed by atoms with Gasteiger partial charge in [0, 0.05) is 6.61 Å². The smallest absolute Gasteiger partial charge is 0.0661 e. The zero-order valence-corrected chi connectivity index (χ0v) is 14.4. The van der Waals surface area contributed by atoms with Gasteiger partial charge in [-0.1, -0.05) is 63.3 Å². The lowest BCUT2D eigenvalue weighted by Crippen LogP contribution is -2.26. The molecule has 1 rings (SSSR count). The first-order chi connectivity index (χ1) is 10.2. The van der Waals surface area contributed by atoms with Crippen molar-refractivity contribution in [2.75, 3.05) is 19.8 Å². The Morgan fingerprint density at radius 3 is 2.52 bits per heavy atom. The van der Waals surface area contributed by atoms with Crippen molar-refractivity contribution >= 4 is 0 Å². The molecular weight excluding hydrogens is 258 g/mol. The minimum atomic E-state index is 0.311. The molecule has 2 nitrogen and oxygen atoms in total. The summed E-state index contributed by atoms with van der Waals surface area (Å²) < 4.78 is 5.92. The molecule has 1 atom stereocenters. The molecule has 0 saturated heterocycles. The zero-order valence-electron chi connectivity index (χ0n) is 14.4. The highest BCUT2D eigenvalue weighted by molar-refractivity contribution is 5.33. The molecule has 120 valence electrons. The summed E-state index contributed by atoms with van der Waals surface area (Å²) in [6.45, 7) is 11.4. The minimum absolute atomic E-state index is 0.311. The van der Waals surface area contributed by atoms with Crippen LogP contribution in [0.4, 0.5) is 0 Å². The normalized spacial score (nSPS) is 12.6. The first-order valence-electron chi connectivity index (χ1n) is 8.57. The summed E-state index contributed by atoms with van der Waals surface area (Å²) in [6, 6.07) is 6.98. The Kier molecular flexibility index (Phi) is 9.36. The van der Waals surface area contributed by atoms with Crippen LogP contribution in [0.5, 0.6) is 0 Å². The highest BCUT2D eigenvalue weighted by Gasteiger charge is 2.13. The first kappa shape index (κ1) is 18.2. The van der Waals surface area contributed by atoms with E-state index in [1.165, 1.54) is 48.8 Å². The lowest BCUT2D eigenvalue weighted by atomic mass is 9.99. The van der Waals surface area contributed by atoms with Gasteiger partial charge >= 0.3 is 0 Å². The molecule has 0 heterocycles. The van der Waals surface area contributed by atoms with Crippen LogP contribution in [-0.4, -0.2) is 19.8 Å². The Morgan fingerprint density at radius 2 is 1.81 bits per heavy atom. The van der Waals surface area contributed by atoms with E-state index in [4.69, 9.17) is 4.74 Å². The Labute approximate surface area is 131 Å². The van der Waals surface area contributed by atoms with Crippen molar-refractivity contribution in [3.05, 3.63) is 34.9 Å². The molecule has 0 bridgehead atoms. The summed E-state index contributed by atoms with van der Waals surface area (Å²) in [5.74, 6) is 0. The molecule has 1 aromatic rings. The maximum atomic E-state index is 5.92. The van der Waals surface area contributed by atoms with Gasteiger partial charge in [-0.25, -0.2) is 0 Å². The zero-order chi connectivity index (χ0) is 15.5. The number of benzene rings is 1. The van der Waals surface area contributed by atoms with Gasteiger partial charge in [-0.3, -0.25) is 0 Å². The second kappa shape index (κ2) is 10.8. The molecule has 1 unspecified atom stereocenters. The second-order valence-corrected chi connectivity index (χ2v) is 5.96. The summed E-state index contributed by atoms with van der Waals surface area (Å²) in [7, 11) is 0. The topological polar surface area (TPSA) is 21.3 Å². The van der Waals surface area contributed by atoms with Crippen LogP contribution in [0.2, 0.25) is 0 Å². The number of likely N-dealkylation sites (N-methyl/N-ethyl adjacent to an activating group) is 1. The highest BCUT2D eigenvalue weighted by Crippen LogP contribution is 2.20. The highest BCUT2D eigenvalue weighted by atomic mass is 16.5. The number of nitrogens with one attached hydrogen (secondary N) is 1. The fourth-order valence-electron chi connectivity index (χ4n) is 2.65. The SMILES string of the molecule is CCCCCCCOCC(NCC)c1cc(C)ccc1C. The van der Waals surface area contributed by atoms with Crippen LogP contribution in [0.15, 0.2) is 18.2 Å². The number of aryl methyl sites for hydroxylation is 2. The molecule has 0 radical (unpaired) electrons. The molecule has 0 saturated carbocycles. The van der Waals surface area contributed by atoms with Gasteiger partial charge in [0.05, 0.1) is 12.6 Å². The van der Waals surface area contributed by atoms with Crippen LogP contribution in [0.1, 0.15) is 68.7 Å². The summed E-state index contributed by atoms with van der Waals surface area (Å²) in [4.78, 5) is 0. The van der Waals surface area contributed by atoms with Crippen molar-refractivity contribution < 1.29 is 4.74 Å². The summed E-state index contributed by atoms with van der Waals surface area (Å²) in [5, 5.41) is 3.55. The maximum Gasteiger partial charge on any atom is 0.0661 e. The van der Waals surface area contributed by atoms with Gasteiger partial charge in [0.25, 0.3) is 0 Å². The first-order valence-corrected chi connectivity index (χ1v) is 8.57. The summed E-state index contributed by atoms with van der Waals surface area (Å²) in [5.41, 5.74) is 4.04. The Balaban J connectivity index is 2.41. The average Bonchev–Trinajstić information content (AvgIpc) is 2.48. The maximum absolute atomic E-state index is 5.92. The van der Waals surface area contributed by atoms with Gasteiger partial charge < -0.3 is 10.1 Å². The summed E-state index contributed by atoms with van der Waals surface area (Å²) >= 11 is 0. The largest absolute Gasteiger partial charge is 0.379 e. The van der Waals surface area contributed by atoms with E-state index >= 15 is 0 Å². The van der Waals surface area contributed by atoms with Crippen LogP contribution in [0.3, 0.4) is 0 Å². The van der Waals surface area contributed by atoms with Crippen molar-refractivity contribution in [3.8, 4) is 0 Å². The summed E-state index contributed by atoms with van der Waals surface area (Å²) in [6.07, 6.45) is 6.47. The van der Waals surface area contributed by atoms with E-state index in [-0.39, 0.29) is 0 Å².